The first kappa shape index (κ1) is 18.3. The Kier molecular flexibility index (Phi) is 5.68. The van der Waals surface area contributed by atoms with Crippen LogP contribution in [0.2, 0.25) is 0 Å². The van der Waals surface area contributed by atoms with E-state index in [1.165, 1.54) is 11.9 Å². The molecule has 3 heterocycles. The molecule has 0 unspecified atom stereocenters. The molecule has 0 radical (unpaired) electrons. The SMILES string of the molecule is O=C(NC1CCN(Cc2ccccc2)CC1)c1ccc(-c2cncnc2)nc1. The molecule has 1 fully saturated rings. The zero-order valence-electron chi connectivity index (χ0n) is 15.7. The van der Waals surface area contributed by atoms with E-state index < -0.39 is 0 Å². The van der Waals surface area contributed by atoms with Gasteiger partial charge in [-0.15, -0.1) is 0 Å². The van der Waals surface area contributed by atoms with Crippen LogP contribution in [0.4, 0.5) is 0 Å². The van der Waals surface area contributed by atoms with E-state index in [2.05, 4.69) is 49.4 Å². The number of carbonyl (C=O) groups is 1. The molecule has 1 aliphatic rings. The van der Waals surface area contributed by atoms with Gasteiger partial charge in [-0.3, -0.25) is 14.7 Å². The Bertz CT molecular complexity index is 891. The molecule has 0 spiro atoms. The lowest BCUT2D eigenvalue weighted by Crippen LogP contribution is -2.44. The second-order valence-electron chi connectivity index (χ2n) is 7.07. The van der Waals surface area contributed by atoms with Crippen molar-refractivity contribution >= 4 is 5.91 Å². The summed E-state index contributed by atoms with van der Waals surface area (Å²) in [6, 6.07) is 14.4. The van der Waals surface area contributed by atoms with Crippen molar-refractivity contribution in [3.8, 4) is 11.3 Å². The van der Waals surface area contributed by atoms with E-state index in [0.29, 0.717) is 5.56 Å². The summed E-state index contributed by atoms with van der Waals surface area (Å²) < 4.78 is 0. The molecule has 3 aromatic rings. The standard InChI is InChI=1S/C22H23N5O/c28-22(18-6-7-21(25-14-18)19-12-23-16-24-13-19)26-20-8-10-27(11-9-20)15-17-4-2-1-3-5-17/h1-7,12-14,16,20H,8-11,15H2,(H,26,28). The van der Waals surface area contributed by atoms with Crippen molar-refractivity contribution in [3.63, 3.8) is 0 Å². The lowest BCUT2D eigenvalue weighted by Gasteiger charge is -2.32. The molecule has 6 nitrogen and oxygen atoms in total. The van der Waals surface area contributed by atoms with Crippen LogP contribution < -0.4 is 5.32 Å². The number of rotatable bonds is 5. The fraction of sp³-hybridized carbons (Fsp3) is 0.273. The van der Waals surface area contributed by atoms with Crippen LogP contribution in [0.15, 0.2) is 67.4 Å². The van der Waals surface area contributed by atoms with E-state index in [-0.39, 0.29) is 11.9 Å². The van der Waals surface area contributed by atoms with E-state index in [4.69, 9.17) is 0 Å². The molecule has 1 saturated heterocycles. The first-order valence-corrected chi connectivity index (χ1v) is 9.56. The maximum absolute atomic E-state index is 12.5. The van der Waals surface area contributed by atoms with Gasteiger partial charge in [0.15, 0.2) is 0 Å². The summed E-state index contributed by atoms with van der Waals surface area (Å²) in [5.74, 6) is -0.0649. The number of nitrogens with zero attached hydrogens (tertiary/aromatic N) is 4. The Labute approximate surface area is 164 Å². The molecule has 1 N–H and O–H groups in total. The van der Waals surface area contributed by atoms with Gasteiger partial charge in [0.25, 0.3) is 5.91 Å². The normalized spacial score (nSPS) is 15.3. The maximum atomic E-state index is 12.5. The molecule has 4 rings (SSSR count). The van der Waals surface area contributed by atoms with Crippen molar-refractivity contribution in [2.45, 2.75) is 25.4 Å². The van der Waals surface area contributed by atoms with E-state index in [9.17, 15) is 4.79 Å². The maximum Gasteiger partial charge on any atom is 0.253 e. The number of aromatic nitrogens is 3. The van der Waals surface area contributed by atoms with Gasteiger partial charge in [-0.1, -0.05) is 30.3 Å². The van der Waals surface area contributed by atoms with Crippen LogP contribution in [-0.2, 0) is 6.54 Å². The van der Waals surface area contributed by atoms with Crippen LogP contribution in [0.25, 0.3) is 11.3 Å². The molecule has 0 atom stereocenters. The number of benzene rings is 1. The van der Waals surface area contributed by atoms with Gasteiger partial charge in [-0.05, 0) is 30.5 Å². The van der Waals surface area contributed by atoms with Crippen molar-refractivity contribution in [2.75, 3.05) is 13.1 Å². The zero-order chi connectivity index (χ0) is 19.2. The summed E-state index contributed by atoms with van der Waals surface area (Å²) >= 11 is 0. The number of nitrogens with one attached hydrogen (secondary N) is 1. The molecular weight excluding hydrogens is 350 g/mol. The van der Waals surface area contributed by atoms with Crippen molar-refractivity contribution in [1.82, 2.24) is 25.2 Å². The van der Waals surface area contributed by atoms with E-state index >= 15 is 0 Å². The number of hydrogen-bond acceptors (Lipinski definition) is 5. The predicted octanol–water partition coefficient (Wildman–Crippen LogP) is 2.93. The molecule has 142 valence electrons. The minimum Gasteiger partial charge on any atom is -0.349 e. The predicted molar refractivity (Wildman–Crippen MR) is 107 cm³/mol. The highest BCUT2D eigenvalue weighted by Crippen LogP contribution is 2.16. The van der Waals surface area contributed by atoms with Crippen LogP contribution >= 0.6 is 0 Å². The van der Waals surface area contributed by atoms with Crippen LogP contribution in [0.5, 0.6) is 0 Å². The fourth-order valence-electron chi connectivity index (χ4n) is 3.48. The molecular formula is C22H23N5O. The largest absolute Gasteiger partial charge is 0.349 e. The Hall–Kier alpha value is -3.12. The first-order chi connectivity index (χ1) is 13.8. The lowest BCUT2D eigenvalue weighted by molar-refractivity contribution is 0.0908. The minimum absolute atomic E-state index is 0.0649. The van der Waals surface area contributed by atoms with Crippen molar-refractivity contribution in [1.29, 1.82) is 0 Å². The van der Waals surface area contributed by atoms with Crippen molar-refractivity contribution < 1.29 is 4.79 Å². The van der Waals surface area contributed by atoms with Crippen LogP contribution in [0, 0.1) is 0 Å². The van der Waals surface area contributed by atoms with Gasteiger partial charge in [0.1, 0.15) is 6.33 Å². The Morgan fingerprint density at radius 3 is 2.43 bits per heavy atom. The average Bonchev–Trinajstić information content (AvgIpc) is 2.76. The Balaban J connectivity index is 1.29. The van der Waals surface area contributed by atoms with Gasteiger partial charge in [-0.25, -0.2) is 9.97 Å². The minimum atomic E-state index is -0.0649. The van der Waals surface area contributed by atoms with Crippen LogP contribution in [0.1, 0.15) is 28.8 Å². The molecule has 1 aliphatic heterocycles. The van der Waals surface area contributed by atoms with Crippen molar-refractivity contribution in [3.05, 3.63) is 78.5 Å². The third kappa shape index (κ3) is 4.58. The molecule has 0 bridgehead atoms. The molecule has 0 aliphatic carbocycles. The number of hydrogen-bond donors (Lipinski definition) is 1. The van der Waals surface area contributed by atoms with Crippen LogP contribution in [-0.4, -0.2) is 44.9 Å². The summed E-state index contributed by atoms with van der Waals surface area (Å²) in [7, 11) is 0. The van der Waals surface area contributed by atoms with Gasteiger partial charge in [0.05, 0.1) is 11.3 Å². The monoisotopic (exact) mass is 373 g/mol. The molecule has 0 saturated carbocycles. The van der Waals surface area contributed by atoms with Gasteiger partial charge >= 0.3 is 0 Å². The molecule has 1 amide bonds. The number of carbonyl (C=O) groups excluding carboxylic acids is 1. The van der Waals surface area contributed by atoms with Crippen LogP contribution in [0.3, 0.4) is 0 Å². The number of amides is 1. The quantitative estimate of drug-likeness (QED) is 0.745. The lowest BCUT2D eigenvalue weighted by atomic mass is 10.0. The summed E-state index contributed by atoms with van der Waals surface area (Å²) in [6.07, 6.45) is 8.44. The topological polar surface area (TPSA) is 71.0 Å². The van der Waals surface area contributed by atoms with E-state index in [0.717, 1.165) is 43.7 Å². The highest BCUT2D eigenvalue weighted by Gasteiger charge is 2.21. The molecule has 6 heteroatoms. The summed E-state index contributed by atoms with van der Waals surface area (Å²) in [4.78, 5) is 27.3. The molecule has 2 aromatic heterocycles. The van der Waals surface area contributed by atoms with Gasteiger partial charge in [-0.2, -0.15) is 0 Å². The second kappa shape index (κ2) is 8.71. The second-order valence-corrected chi connectivity index (χ2v) is 7.07. The van der Waals surface area contributed by atoms with E-state index in [1.54, 1.807) is 24.7 Å². The Morgan fingerprint density at radius 1 is 1.00 bits per heavy atom. The third-order valence-electron chi connectivity index (χ3n) is 5.05. The molecule has 1 aromatic carbocycles. The van der Waals surface area contributed by atoms with Crippen molar-refractivity contribution in [2.24, 2.45) is 0 Å². The van der Waals surface area contributed by atoms with Gasteiger partial charge in [0.2, 0.25) is 0 Å². The summed E-state index contributed by atoms with van der Waals surface area (Å²) in [6.45, 7) is 2.95. The smallest absolute Gasteiger partial charge is 0.253 e. The number of pyridine rings is 1. The van der Waals surface area contributed by atoms with Gasteiger partial charge in [0, 0.05) is 49.8 Å². The first-order valence-electron chi connectivity index (χ1n) is 9.56. The molecule has 28 heavy (non-hydrogen) atoms. The number of piperidine rings is 1. The van der Waals surface area contributed by atoms with Gasteiger partial charge < -0.3 is 5.32 Å². The fourth-order valence-corrected chi connectivity index (χ4v) is 3.48. The van der Waals surface area contributed by atoms with E-state index in [1.807, 2.05) is 12.1 Å². The number of likely N-dealkylation sites (tertiary alicyclic amines) is 1. The highest BCUT2D eigenvalue weighted by atomic mass is 16.1. The summed E-state index contributed by atoms with van der Waals surface area (Å²) in [5, 5.41) is 3.15. The Morgan fingerprint density at radius 2 is 1.75 bits per heavy atom. The third-order valence-corrected chi connectivity index (χ3v) is 5.05. The average molecular weight is 373 g/mol. The highest BCUT2D eigenvalue weighted by molar-refractivity contribution is 5.94. The summed E-state index contributed by atoms with van der Waals surface area (Å²) in [5.41, 5.74) is 3.50. The zero-order valence-corrected chi connectivity index (χ0v) is 15.7.